The molecule has 2 rings (SSSR count). The van der Waals surface area contributed by atoms with Gasteiger partial charge in [-0.15, -0.1) is 0 Å². The molecule has 0 fully saturated rings. The van der Waals surface area contributed by atoms with Crippen LogP contribution in [0.3, 0.4) is 0 Å². The van der Waals surface area contributed by atoms with Gasteiger partial charge in [0, 0.05) is 14.3 Å². The Morgan fingerprint density at radius 3 is 2.50 bits per heavy atom. The molecule has 0 heterocycles. The summed E-state index contributed by atoms with van der Waals surface area (Å²) in [4.78, 5) is 1.82. The summed E-state index contributed by atoms with van der Waals surface area (Å²) < 4.78 is 0.934. The molecular formula is C13H6BrCl2NS. The third-order valence-corrected chi connectivity index (χ3v) is 4.46. The number of rotatable bonds is 2. The van der Waals surface area contributed by atoms with E-state index in [2.05, 4.69) is 22.0 Å². The zero-order valence-electron chi connectivity index (χ0n) is 8.95. The highest BCUT2D eigenvalue weighted by Gasteiger charge is 2.06. The highest BCUT2D eigenvalue weighted by Crippen LogP contribution is 2.35. The van der Waals surface area contributed by atoms with Gasteiger partial charge in [0.05, 0.1) is 15.6 Å². The van der Waals surface area contributed by atoms with Crippen LogP contribution in [0.1, 0.15) is 5.56 Å². The molecule has 0 bridgehead atoms. The van der Waals surface area contributed by atoms with E-state index in [1.54, 1.807) is 18.2 Å². The zero-order chi connectivity index (χ0) is 13.1. The van der Waals surface area contributed by atoms with Gasteiger partial charge in [-0.25, -0.2) is 0 Å². The molecule has 0 aliphatic carbocycles. The maximum atomic E-state index is 9.06. The fourth-order valence-corrected chi connectivity index (χ4v) is 3.19. The predicted octanol–water partition coefficient (Wildman–Crippen LogP) is 5.78. The molecule has 0 N–H and O–H groups in total. The van der Waals surface area contributed by atoms with E-state index in [9.17, 15) is 0 Å². The first-order chi connectivity index (χ1) is 8.60. The lowest BCUT2D eigenvalue weighted by molar-refractivity contribution is 1.34. The number of hydrogen-bond acceptors (Lipinski definition) is 2. The second-order valence-electron chi connectivity index (χ2n) is 3.43. The average Bonchev–Trinajstić information content (AvgIpc) is 2.34. The monoisotopic (exact) mass is 357 g/mol. The molecule has 2 aromatic rings. The van der Waals surface area contributed by atoms with Crippen molar-refractivity contribution in [2.45, 2.75) is 9.79 Å². The second-order valence-corrected chi connectivity index (χ2v) is 6.28. The Morgan fingerprint density at radius 1 is 1.06 bits per heavy atom. The molecule has 0 spiro atoms. The number of halogens is 3. The van der Waals surface area contributed by atoms with E-state index >= 15 is 0 Å². The van der Waals surface area contributed by atoms with Crippen LogP contribution in [0.2, 0.25) is 10.0 Å². The average molecular weight is 359 g/mol. The Bertz CT molecular complexity index is 637. The first-order valence-electron chi connectivity index (χ1n) is 4.92. The molecule has 0 radical (unpaired) electrons. The summed E-state index contributed by atoms with van der Waals surface area (Å²) in [5.41, 5.74) is 0.634. The minimum atomic E-state index is 0.509. The van der Waals surface area contributed by atoms with Gasteiger partial charge in [-0.2, -0.15) is 5.26 Å². The summed E-state index contributed by atoms with van der Waals surface area (Å²) in [7, 11) is 0. The number of hydrogen-bond donors (Lipinski definition) is 0. The molecule has 0 aliphatic heterocycles. The molecule has 0 aliphatic rings. The van der Waals surface area contributed by atoms with E-state index in [1.807, 2.05) is 18.2 Å². The van der Waals surface area contributed by atoms with Gasteiger partial charge in [0.1, 0.15) is 6.07 Å². The molecule has 1 nitrogen and oxygen atoms in total. The van der Waals surface area contributed by atoms with Crippen LogP contribution in [0.15, 0.2) is 50.7 Å². The van der Waals surface area contributed by atoms with Crippen LogP contribution in [0.4, 0.5) is 0 Å². The SMILES string of the molecule is N#Cc1ccc(Br)cc1Sc1ccc(Cl)c(Cl)c1. The van der Waals surface area contributed by atoms with Crippen LogP contribution in [-0.2, 0) is 0 Å². The van der Waals surface area contributed by atoms with Crippen molar-refractivity contribution in [1.82, 2.24) is 0 Å². The van der Waals surface area contributed by atoms with Gasteiger partial charge in [0.15, 0.2) is 0 Å². The van der Waals surface area contributed by atoms with Crippen molar-refractivity contribution in [3.8, 4) is 6.07 Å². The van der Waals surface area contributed by atoms with Gasteiger partial charge in [-0.3, -0.25) is 0 Å². The molecular weight excluding hydrogens is 353 g/mol. The lowest BCUT2D eigenvalue weighted by atomic mass is 10.2. The highest BCUT2D eigenvalue weighted by atomic mass is 79.9. The Hall–Kier alpha value is -0.660. The minimum Gasteiger partial charge on any atom is -0.192 e. The number of nitriles is 1. The molecule has 90 valence electrons. The van der Waals surface area contributed by atoms with Crippen LogP contribution in [0, 0.1) is 11.3 Å². The Morgan fingerprint density at radius 2 is 1.83 bits per heavy atom. The van der Waals surface area contributed by atoms with Gasteiger partial charge in [-0.05, 0) is 36.4 Å². The van der Waals surface area contributed by atoms with Crippen LogP contribution in [-0.4, -0.2) is 0 Å². The standard InChI is InChI=1S/C13H6BrCl2NS/c14-9-2-1-8(7-17)13(5-9)18-10-3-4-11(15)12(16)6-10/h1-6H. The Kier molecular flexibility index (Phi) is 4.58. The molecule has 0 atom stereocenters. The third kappa shape index (κ3) is 3.21. The maximum Gasteiger partial charge on any atom is 0.100 e. The first-order valence-corrected chi connectivity index (χ1v) is 7.29. The fourth-order valence-electron chi connectivity index (χ4n) is 1.34. The number of benzene rings is 2. The molecule has 0 aromatic heterocycles. The topological polar surface area (TPSA) is 23.8 Å². The Labute approximate surface area is 128 Å². The van der Waals surface area contributed by atoms with Crippen LogP contribution in [0.25, 0.3) is 0 Å². The molecule has 5 heteroatoms. The molecule has 0 saturated carbocycles. The van der Waals surface area contributed by atoms with E-state index in [0.29, 0.717) is 15.6 Å². The second kappa shape index (κ2) is 5.99. The van der Waals surface area contributed by atoms with E-state index in [1.165, 1.54) is 11.8 Å². The largest absolute Gasteiger partial charge is 0.192 e. The summed E-state index contributed by atoms with van der Waals surface area (Å²) >= 11 is 16.7. The summed E-state index contributed by atoms with van der Waals surface area (Å²) in [6.07, 6.45) is 0. The van der Waals surface area contributed by atoms with E-state index < -0.39 is 0 Å². The van der Waals surface area contributed by atoms with Gasteiger partial charge < -0.3 is 0 Å². The summed E-state index contributed by atoms with van der Waals surface area (Å²) in [5, 5.41) is 10.1. The van der Waals surface area contributed by atoms with Crippen molar-refractivity contribution < 1.29 is 0 Å². The van der Waals surface area contributed by atoms with Crippen molar-refractivity contribution in [2.24, 2.45) is 0 Å². The summed E-state index contributed by atoms with van der Waals surface area (Å²) in [5.74, 6) is 0. The summed E-state index contributed by atoms with van der Waals surface area (Å²) in [6.45, 7) is 0. The van der Waals surface area contributed by atoms with Crippen molar-refractivity contribution in [3.05, 3.63) is 56.5 Å². The van der Waals surface area contributed by atoms with Crippen molar-refractivity contribution in [3.63, 3.8) is 0 Å². The van der Waals surface area contributed by atoms with Crippen molar-refractivity contribution in [1.29, 1.82) is 5.26 Å². The Balaban J connectivity index is 2.36. The third-order valence-electron chi connectivity index (χ3n) is 2.18. The minimum absolute atomic E-state index is 0.509. The molecule has 18 heavy (non-hydrogen) atoms. The van der Waals surface area contributed by atoms with Gasteiger partial charge >= 0.3 is 0 Å². The van der Waals surface area contributed by atoms with E-state index in [4.69, 9.17) is 28.5 Å². The van der Waals surface area contributed by atoms with E-state index in [0.717, 1.165) is 14.3 Å². The normalized spacial score (nSPS) is 10.1. The predicted molar refractivity (Wildman–Crippen MR) is 79.4 cm³/mol. The van der Waals surface area contributed by atoms with Crippen molar-refractivity contribution in [2.75, 3.05) is 0 Å². The van der Waals surface area contributed by atoms with E-state index in [-0.39, 0.29) is 0 Å². The molecule has 0 saturated heterocycles. The van der Waals surface area contributed by atoms with Gasteiger partial charge in [-0.1, -0.05) is 50.9 Å². The van der Waals surface area contributed by atoms with Gasteiger partial charge in [0.2, 0.25) is 0 Å². The van der Waals surface area contributed by atoms with Gasteiger partial charge in [0.25, 0.3) is 0 Å². The smallest absolute Gasteiger partial charge is 0.100 e. The first kappa shape index (κ1) is 13.8. The number of nitrogens with zero attached hydrogens (tertiary/aromatic N) is 1. The zero-order valence-corrected chi connectivity index (χ0v) is 12.9. The van der Waals surface area contributed by atoms with Crippen LogP contribution in [0.5, 0.6) is 0 Å². The molecule has 2 aromatic carbocycles. The maximum absolute atomic E-state index is 9.06. The van der Waals surface area contributed by atoms with Crippen LogP contribution >= 0.6 is 50.9 Å². The fraction of sp³-hybridized carbons (Fsp3) is 0. The highest BCUT2D eigenvalue weighted by molar-refractivity contribution is 9.10. The lowest BCUT2D eigenvalue weighted by Crippen LogP contribution is -1.82. The van der Waals surface area contributed by atoms with Crippen LogP contribution < -0.4 is 0 Å². The molecule has 0 unspecified atom stereocenters. The lowest BCUT2D eigenvalue weighted by Gasteiger charge is -2.05. The quantitative estimate of drug-likeness (QED) is 0.679. The molecule has 0 amide bonds. The summed E-state index contributed by atoms with van der Waals surface area (Å²) in [6, 6.07) is 13.1. The van der Waals surface area contributed by atoms with Crippen molar-refractivity contribution >= 4 is 50.9 Å².